The van der Waals surface area contributed by atoms with Crippen LogP contribution in [0.15, 0.2) is 0 Å². The lowest BCUT2D eigenvalue weighted by Crippen LogP contribution is -2.55. The van der Waals surface area contributed by atoms with Crippen LogP contribution in [-0.4, -0.2) is 20.2 Å². The Morgan fingerprint density at radius 3 is 2.17 bits per heavy atom. The lowest BCUT2D eigenvalue weighted by atomic mass is 9.44. The first-order chi connectivity index (χ1) is 13.8. The molecule has 0 N–H and O–H groups in total. The summed E-state index contributed by atoms with van der Waals surface area (Å²) in [4.78, 5) is 12.4. The molecule has 0 amide bonds. The van der Waals surface area contributed by atoms with Gasteiger partial charge in [0.1, 0.15) is 5.78 Å². The van der Waals surface area contributed by atoms with Crippen LogP contribution in [0, 0.1) is 40.4 Å². The number of hydrogen-bond donors (Lipinski definition) is 0. The van der Waals surface area contributed by atoms with Crippen molar-refractivity contribution in [2.75, 3.05) is 0 Å². The second-order valence-corrected chi connectivity index (χ2v) is 18.5. The van der Waals surface area contributed by atoms with Gasteiger partial charge in [-0.15, -0.1) is 0 Å². The first kappa shape index (κ1) is 23.0. The van der Waals surface area contributed by atoms with Gasteiger partial charge < -0.3 is 4.43 Å². The molecule has 1 unspecified atom stereocenters. The monoisotopic (exact) mass is 432 g/mol. The third-order valence-corrected chi connectivity index (χ3v) is 15.9. The molecule has 30 heavy (non-hydrogen) atoms. The average molecular weight is 433 g/mol. The zero-order valence-electron chi connectivity index (χ0n) is 21.1. The van der Waals surface area contributed by atoms with Gasteiger partial charge in [0.05, 0.1) is 0 Å². The quantitative estimate of drug-likeness (QED) is 0.429. The Bertz CT molecular complexity index is 679. The molecule has 4 rings (SSSR count). The van der Waals surface area contributed by atoms with Crippen LogP contribution in [0.4, 0.5) is 0 Å². The van der Waals surface area contributed by atoms with Gasteiger partial charge in [-0.05, 0) is 117 Å². The van der Waals surface area contributed by atoms with Crippen LogP contribution < -0.4 is 0 Å². The molecule has 0 aromatic carbocycles. The molecular formula is C27H48O2Si. The minimum Gasteiger partial charge on any atom is -0.414 e. The standard InChI is InChI=1S/C27H48O2Si/c1-18(28)22-11-12-23-21-10-9-19-17-20(29-30(7,8)25(2,3)4)13-15-26(19,5)24(21)14-16-27(22,23)6/h19-24H,9-17H2,1-8H3/t19?,20-,21-,22+,23-,24-,26-,27+/m0/s1. The number of rotatable bonds is 3. The Morgan fingerprint density at radius 2 is 1.53 bits per heavy atom. The third kappa shape index (κ3) is 3.49. The van der Waals surface area contributed by atoms with E-state index >= 15 is 0 Å². The number of hydrogen-bond acceptors (Lipinski definition) is 2. The maximum atomic E-state index is 12.4. The Balaban J connectivity index is 1.48. The molecule has 0 saturated heterocycles. The molecule has 3 heteroatoms. The average Bonchev–Trinajstić information content (AvgIpc) is 2.98. The van der Waals surface area contributed by atoms with Crippen molar-refractivity contribution in [2.24, 2.45) is 40.4 Å². The fraction of sp³-hybridized carbons (Fsp3) is 0.963. The Labute approximate surface area is 187 Å². The van der Waals surface area contributed by atoms with Crippen molar-refractivity contribution in [3.8, 4) is 0 Å². The van der Waals surface area contributed by atoms with E-state index in [0.29, 0.717) is 33.7 Å². The zero-order valence-corrected chi connectivity index (χ0v) is 22.1. The molecule has 0 heterocycles. The molecular weight excluding hydrogens is 384 g/mol. The van der Waals surface area contributed by atoms with Crippen molar-refractivity contribution in [1.29, 1.82) is 0 Å². The van der Waals surface area contributed by atoms with E-state index in [9.17, 15) is 4.79 Å². The molecule has 0 radical (unpaired) electrons. The van der Waals surface area contributed by atoms with Gasteiger partial charge in [-0.3, -0.25) is 4.79 Å². The molecule has 4 fully saturated rings. The molecule has 0 bridgehead atoms. The van der Waals surface area contributed by atoms with Crippen molar-refractivity contribution in [3.63, 3.8) is 0 Å². The third-order valence-electron chi connectivity index (χ3n) is 11.4. The number of carbonyl (C=O) groups excluding carboxylic acids is 1. The smallest absolute Gasteiger partial charge is 0.192 e. The van der Waals surface area contributed by atoms with Crippen LogP contribution in [0.5, 0.6) is 0 Å². The van der Waals surface area contributed by atoms with E-state index in [0.717, 1.165) is 30.1 Å². The number of Topliss-reactive ketones (excluding diaryl/α,β-unsaturated/α-hetero) is 1. The number of fused-ring (bicyclic) bond motifs is 5. The number of carbonyl (C=O) groups is 1. The summed E-state index contributed by atoms with van der Waals surface area (Å²) >= 11 is 0. The van der Waals surface area contributed by atoms with E-state index in [4.69, 9.17) is 4.43 Å². The maximum Gasteiger partial charge on any atom is 0.192 e. The molecule has 4 aliphatic rings. The fourth-order valence-corrected chi connectivity index (χ4v) is 9.99. The summed E-state index contributed by atoms with van der Waals surface area (Å²) < 4.78 is 6.90. The Kier molecular flexibility index (Phi) is 5.71. The highest BCUT2D eigenvalue weighted by atomic mass is 28.4. The highest BCUT2D eigenvalue weighted by molar-refractivity contribution is 6.74. The minimum atomic E-state index is -1.69. The van der Waals surface area contributed by atoms with Gasteiger partial charge in [0, 0.05) is 12.0 Å². The van der Waals surface area contributed by atoms with Crippen LogP contribution in [-0.2, 0) is 9.22 Å². The number of ketones is 1. The summed E-state index contributed by atoms with van der Waals surface area (Å²) in [5.41, 5.74) is 0.796. The summed E-state index contributed by atoms with van der Waals surface area (Å²) in [5, 5.41) is 0.301. The normalized spacial score (nSPS) is 46.7. The fourth-order valence-electron chi connectivity index (χ4n) is 8.59. The first-order valence-corrected chi connectivity index (χ1v) is 15.9. The van der Waals surface area contributed by atoms with E-state index in [2.05, 4.69) is 47.7 Å². The van der Waals surface area contributed by atoms with Gasteiger partial charge in [-0.1, -0.05) is 34.6 Å². The van der Waals surface area contributed by atoms with Crippen molar-refractivity contribution in [2.45, 2.75) is 124 Å². The van der Waals surface area contributed by atoms with E-state index in [-0.39, 0.29) is 0 Å². The van der Waals surface area contributed by atoms with Crippen molar-refractivity contribution in [3.05, 3.63) is 0 Å². The van der Waals surface area contributed by atoms with E-state index in [1.165, 1.54) is 51.4 Å². The van der Waals surface area contributed by atoms with Crippen molar-refractivity contribution in [1.82, 2.24) is 0 Å². The van der Waals surface area contributed by atoms with Crippen LogP contribution in [0.1, 0.15) is 99.3 Å². The molecule has 172 valence electrons. The van der Waals surface area contributed by atoms with Gasteiger partial charge in [0.15, 0.2) is 8.32 Å². The summed E-state index contributed by atoms with van der Waals surface area (Å²) in [5.74, 6) is 4.19. The molecule has 4 aliphatic carbocycles. The van der Waals surface area contributed by atoms with Crippen LogP contribution in [0.3, 0.4) is 0 Å². The summed E-state index contributed by atoms with van der Waals surface area (Å²) in [6.45, 7) is 18.9. The van der Waals surface area contributed by atoms with Gasteiger partial charge >= 0.3 is 0 Å². The molecule has 4 saturated carbocycles. The molecule has 0 aromatic rings. The van der Waals surface area contributed by atoms with E-state index < -0.39 is 8.32 Å². The van der Waals surface area contributed by atoms with Crippen molar-refractivity contribution >= 4 is 14.1 Å². The topological polar surface area (TPSA) is 26.3 Å². The van der Waals surface area contributed by atoms with Gasteiger partial charge in [-0.25, -0.2) is 0 Å². The molecule has 0 spiro atoms. The summed E-state index contributed by atoms with van der Waals surface area (Å²) in [6.07, 6.45) is 12.3. The molecule has 0 aliphatic heterocycles. The SMILES string of the molecule is CC(=O)[C@H]1CC[C@H]2[C@@H]3CCC4C[C@@H](O[Si](C)(C)C(C)(C)C)CC[C@]4(C)[C@H]3CC[C@]12C. The van der Waals surface area contributed by atoms with E-state index in [1.807, 2.05) is 6.92 Å². The van der Waals surface area contributed by atoms with Crippen LogP contribution >= 0.6 is 0 Å². The lowest BCUT2D eigenvalue weighted by Gasteiger charge is -2.61. The largest absolute Gasteiger partial charge is 0.414 e. The predicted molar refractivity (Wildman–Crippen MR) is 128 cm³/mol. The van der Waals surface area contributed by atoms with Crippen molar-refractivity contribution < 1.29 is 9.22 Å². The highest BCUT2D eigenvalue weighted by Crippen LogP contribution is 2.67. The minimum absolute atomic E-state index is 0.291. The second kappa shape index (κ2) is 7.44. The molecule has 8 atom stereocenters. The predicted octanol–water partition coefficient (Wildman–Crippen LogP) is 7.62. The summed E-state index contributed by atoms with van der Waals surface area (Å²) in [7, 11) is -1.69. The molecule has 0 aromatic heterocycles. The Hall–Kier alpha value is -0.153. The molecule has 2 nitrogen and oxygen atoms in total. The summed E-state index contributed by atoms with van der Waals surface area (Å²) in [6, 6.07) is 0. The Morgan fingerprint density at radius 1 is 0.900 bits per heavy atom. The lowest BCUT2D eigenvalue weighted by molar-refractivity contribution is -0.137. The second-order valence-electron chi connectivity index (χ2n) is 13.7. The van der Waals surface area contributed by atoms with Crippen LogP contribution in [0.2, 0.25) is 18.1 Å². The zero-order chi connectivity index (χ0) is 22.1. The van der Waals surface area contributed by atoms with E-state index in [1.54, 1.807) is 0 Å². The first-order valence-electron chi connectivity index (χ1n) is 13.0. The van der Waals surface area contributed by atoms with Gasteiger partial charge in [0.25, 0.3) is 0 Å². The van der Waals surface area contributed by atoms with Crippen LogP contribution in [0.25, 0.3) is 0 Å². The van der Waals surface area contributed by atoms with Gasteiger partial charge in [-0.2, -0.15) is 0 Å². The highest BCUT2D eigenvalue weighted by Gasteiger charge is 2.61. The van der Waals surface area contributed by atoms with Gasteiger partial charge in [0.2, 0.25) is 0 Å². The maximum absolute atomic E-state index is 12.4.